The first kappa shape index (κ1) is 21.8. The van der Waals surface area contributed by atoms with E-state index in [9.17, 15) is 4.79 Å². The predicted octanol–water partition coefficient (Wildman–Crippen LogP) is 1.13. The fourth-order valence-corrected chi connectivity index (χ4v) is 4.44. The number of hydrogen-bond acceptors (Lipinski definition) is 2. The molecular formula is C23H32ClN3O2+2. The van der Waals surface area contributed by atoms with Crippen molar-refractivity contribution in [3.63, 3.8) is 0 Å². The highest BCUT2D eigenvalue weighted by Crippen LogP contribution is 2.19. The molecule has 1 heterocycles. The number of halogens is 1. The minimum atomic E-state index is 0.0296. The van der Waals surface area contributed by atoms with Crippen LogP contribution in [0, 0.1) is 0 Å². The largest absolute Gasteiger partial charge is 0.370 e. The number of carbonyl (C=O) groups excluding carboxylic acids is 1. The molecule has 2 aromatic carbocycles. The third kappa shape index (κ3) is 6.03. The molecule has 3 rings (SSSR count). The van der Waals surface area contributed by atoms with E-state index in [1.54, 1.807) is 0 Å². The van der Waals surface area contributed by atoms with Gasteiger partial charge in [0.25, 0.3) is 5.91 Å². The summed E-state index contributed by atoms with van der Waals surface area (Å²) in [6, 6.07) is 18.6. The van der Waals surface area contributed by atoms with Gasteiger partial charge in [-0.05, 0) is 19.9 Å². The van der Waals surface area contributed by atoms with Crippen LogP contribution in [0.25, 0.3) is 0 Å². The van der Waals surface area contributed by atoms with Crippen molar-refractivity contribution in [3.8, 4) is 0 Å². The summed E-state index contributed by atoms with van der Waals surface area (Å²) in [6.45, 7) is 7.99. The summed E-state index contributed by atoms with van der Waals surface area (Å²) in [4.78, 5) is 14.1. The van der Waals surface area contributed by atoms with Crippen LogP contribution in [0.1, 0.15) is 37.1 Å². The lowest BCUT2D eigenvalue weighted by atomic mass is 9.98. The van der Waals surface area contributed by atoms with Crippen molar-refractivity contribution >= 4 is 17.5 Å². The Morgan fingerprint density at radius 2 is 1.76 bits per heavy atom. The fraction of sp³-hybridized carbons (Fsp3) is 0.435. The molecule has 0 spiro atoms. The van der Waals surface area contributed by atoms with Gasteiger partial charge in [-0.2, -0.15) is 0 Å². The monoisotopic (exact) mass is 417 g/mol. The molecule has 6 heteroatoms. The van der Waals surface area contributed by atoms with Crippen LogP contribution in [0.3, 0.4) is 0 Å². The zero-order chi connectivity index (χ0) is 20.6. The van der Waals surface area contributed by atoms with Crippen molar-refractivity contribution in [1.29, 1.82) is 0 Å². The second-order valence-corrected chi connectivity index (χ2v) is 8.17. The van der Waals surface area contributed by atoms with Crippen molar-refractivity contribution < 1.29 is 19.7 Å². The van der Waals surface area contributed by atoms with E-state index in [0.717, 1.165) is 36.9 Å². The highest BCUT2D eigenvalue weighted by molar-refractivity contribution is 6.31. The Bertz CT molecular complexity index is 781. The molecule has 0 radical (unpaired) electrons. The van der Waals surface area contributed by atoms with Crippen molar-refractivity contribution in [1.82, 2.24) is 5.32 Å². The number of quaternary nitrogens is 2. The van der Waals surface area contributed by atoms with E-state index in [2.05, 4.69) is 43.4 Å². The van der Waals surface area contributed by atoms with Gasteiger partial charge >= 0.3 is 0 Å². The van der Waals surface area contributed by atoms with Gasteiger partial charge in [-0.25, -0.2) is 0 Å². The third-order valence-electron chi connectivity index (χ3n) is 5.67. The lowest BCUT2D eigenvalue weighted by molar-refractivity contribution is -0.940. The van der Waals surface area contributed by atoms with E-state index < -0.39 is 0 Å². The second-order valence-electron chi connectivity index (χ2n) is 7.77. The van der Waals surface area contributed by atoms with Gasteiger partial charge in [0.05, 0.1) is 19.3 Å². The predicted molar refractivity (Wildman–Crippen MR) is 115 cm³/mol. The van der Waals surface area contributed by atoms with Crippen LogP contribution in [0.15, 0.2) is 54.6 Å². The number of ether oxygens (including phenoxy) is 1. The number of hydrogen-bond donors (Lipinski definition) is 3. The van der Waals surface area contributed by atoms with Gasteiger partial charge in [0, 0.05) is 16.1 Å². The van der Waals surface area contributed by atoms with Crippen LogP contribution < -0.4 is 15.5 Å². The molecule has 1 saturated heterocycles. The molecule has 1 aliphatic heterocycles. The first-order valence-electron chi connectivity index (χ1n) is 10.4. The fourth-order valence-electron chi connectivity index (χ4n) is 4.13. The van der Waals surface area contributed by atoms with E-state index in [4.69, 9.17) is 16.3 Å². The summed E-state index contributed by atoms with van der Waals surface area (Å²) in [5.41, 5.74) is 2.31. The molecule has 0 saturated carbocycles. The molecule has 3 atom stereocenters. The lowest BCUT2D eigenvalue weighted by Crippen LogP contribution is -3.15. The summed E-state index contributed by atoms with van der Waals surface area (Å²) < 4.78 is 5.54. The van der Waals surface area contributed by atoms with Crippen LogP contribution in [0.2, 0.25) is 5.02 Å². The van der Waals surface area contributed by atoms with Gasteiger partial charge in [-0.15, -0.1) is 0 Å². The zero-order valence-corrected chi connectivity index (χ0v) is 18.0. The number of amides is 1. The van der Waals surface area contributed by atoms with E-state index in [1.807, 2.05) is 35.6 Å². The van der Waals surface area contributed by atoms with Crippen molar-refractivity contribution in [2.75, 3.05) is 32.8 Å². The average Bonchev–Trinajstić information content (AvgIpc) is 2.74. The summed E-state index contributed by atoms with van der Waals surface area (Å²) in [5.74, 6) is 0.0463. The highest BCUT2D eigenvalue weighted by atomic mass is 35.5. The topological polar surface area (TPSA) is 59.4 Å². The molecule has 1 aliphatic rings. The van der Waals surface area contributed by atoms with Crippen molar-refractivity contribution in [2.24, 2.45) is 0 Å². The molecule has 4 N–H and O–H groups in total. The highest BCUT2D eigenvalue weighted by Gasteiger charge is 2.32. The van der Waals surface area contributed by atoms with Gasteiger partial charge in [0.1, 0.15) is 25.2 Å². The molecule has 5 nitrogen and oxygen atoms in total. The van der Waals surface area contributed by atoms with Crippen LogP contribution in [-0.2, 0) is 9.53 Å². The maximum Gasteiger partial charge on any atom is 0.275 e. The first-order valence-corrected chi connectivity index (χ1v) is 10.8. The molecule has 29 heavy (non-hydrogen) atoms. The minimum absolute atomic E-state index is 0.0296. The Morgan fingerprint density at radius 1 is 1.10 bits per heavy atom. The first-order chi connectivity index (χ1) is 14.1. The summed E-state index contributed by atoms with van der Waals surface area (Å²) >= 11 is 6.28. The van der Waals surface area contributed by atoms with Crippen LogP contribution in [0.4, 0.5) is 0 Å². The van der Waals surface area contributed by atoms with Crippen LogP contribution >= 0.6 is 11.6 Å². The van der Waals surface area contributed by atoms with Gasteiger partial charge in [0.15, 0.2) is 6.54 Å². The molecule has 0 bridgehead atoms. The number of carbonyl (C=O) groups is 1. The molecule has 0 unspecified atom stereocenters. The Hall–Kier alpha value is -1.92. The lowest BCUT2D eigenvalue weighted by Gasteiger charge is -2.35. The molecule has 156 valence electrons. The SMILES string of the molecule is C[C@H]([NH2+]CC(=O)N[C@@H](C)[C@@H](c1ccccc1)[NH+]1CCOCC1)c1ccccc1Cl. The van der Waals surface area contributed by atoms with Gasteiger partial charge in [0.2, 0.25) is 0 Å². The quantitative estimate of drug-likeness (QED) is 0.603. The number of rotatable bonds is 8. The smallest absolute Gasteiger partial charge is 0.275 e. The summed E-state index contributed by atoms with van der Waals surface area (Å²) in [5, 5.41) is 6.00. The molecular weight excluding hydrogens is 386 g/mol. The van der Waals surface area contributed by atoms with Gasteiger partial charge in [-0.1, -0.05) is 60.1 Å². The standard InChI is InChI=1S/C23H30ClN3O2/c1-17(20-10-6-7-11-21(20)24)25-16-22(28)26-18(2)23(19-8-4-3-5-9-19)27-12-14-29-15-13-27/h3-11,17-18,23,25H,12-16H2,1-2H3,(H,26,28)/p+2/t17-,18-,23-/m0/s1. The number of nitrogens with one attached hydrogen (secondary N) is 2. The molecule has 2 aromatic rings. The Morgan fingerprint density at radius 3 is 2.45 bits per heavy atom. The van der Waals surface area contributed by atoms with Crippen LogP contribution in [0.5, 0.6) is 0 Å². The Kier molecular flexibility index (Phi) is 8.07. The zero-order valence-electron chi connectivity index (χ0n) is 17.2. The normalized spacial score (nSPS) is 18.0. The maximum atomic E-state index is 12.7. The van der Waals surface area contributed by atoms with Crippen molar-refractivity contribution in [2.45, 2.75) is 32.0 Å². The Labute approximate surface area is 178 Å². The number of nitrogens with two attached hydrogens (primary N) is 1. The van der Waals surface area contributed by atoms with E-state index in [-0.39, 0.29) is 24.0 Å². The van der Waals surface area contributed by atoms with Gasteiger partial charge < -0.3 is 20.3 Å². The number of morpholine rings is 1. The van der Waals surface area contributed by atoms with Crippen LogP contribution in [-0.4, -0.2) is 44.8 Å². The summed E-state index contributed by atoms with van der Waals surface area (Å²) in [7, 11) is 0. The average molecular weight is 418 g/mol. The van der Waals surface area contributed by atoms with Crippen molar-refractivity contribution in [3.05, 3.63) is 70.7 Å². The summed E-state index contributed by atoms with van der Waals surface area (Å²) in [6.07, 6.45) is 0. The molecule has 1 fully saturated rings. The molecule has 0 aromatic heterocycles. The number of benzene rings is 2. The minimum Gasteiger partial charge on any atom is -0.370 e. The Balaban J connectivity index is 1.60. The van der Waals surface area contributed by atoms with Gasteiger partial charge in [-0.3, -0.25) is 4.79 Å². The third-order valence-corrected chi connectivity index (χ3v) is 6.02. The van der Waals surface area contributed by atoms with E-state index in [0.29, 0.717) is 6.54 Å². The molecule has 1 amide bonds. The molecule has 0 aliphatic carbocycles. The van der Waals surface area contributed by atoms with E-state index in [1.165, 1.54) is 10.5 Å². The maximum absolute atomic E-state index is 12.7. The second kappa shape index (κ2) is 10.7. The van der Waals surface area contributed by atoms with E-state index >= 15 is 0 Å².